The van der Waals surface area contributed by atoms with Gasteiger partial charge in [-0.1, -0.05) is 143 Å². The highest BCUT2D eigenvalue weighted by Gasteiger charge is 2.52. The summed E-state index contributed by atoms with van der Waals surface area (Å²) in [7, 11) is 0. The molecule has 52 heavy (non-hydrogen) atoms. The van der Waals surface area contributed by atoms with Gasteiger partial charge in [0.2, 0.25) is 0 Å². The highest BCUT2D eigenvalue weighted by atomic mass is 79.9. The first-order valence-electron chi connectivity index (χ1n) is 17.6. The van der Waals surface area contributed by atoms with Crippen molar-refractivity contribution in [1.82, 2.24) is 0 Å². The van der Waals surface area contributed by atoms with E-state index < -0.39 is 42.6 Å². The van der Waals surface area contributed by atoms with E-state index in [4.69, 9.17) is 28.4 Å². The Morgan fingerprint density at radius 1 is 0.635 bits per heavy atom. The molecule has 0 N–H and O–H groups in total. The molecule has 0 amide bonds. The van der Waals surface area contributed by atoms with Crippen LogP contribution in [-0.2, 0) is 59.6 Å². The van der Waals surface area contributed by atoms with Gasteiger partial charge in [0.25, 0.3) is 0 Å². The molecule has 270 valence electrons. The van der Waals surface area contributed by atoms with Crippen molar-refractivity contribution in [3.63, 3.8) is 0 Å². The summed E-state index contributed by atoms with van der Waals surface area (Å²) in [5.74, 6) is -0.432. The second-order valence-electron chi connectivity index (χ2n) is 13.0. The van der Waals surface area contributed by atoms with Crippen LogP contribution in [0.1, 0.15) is 46.4 Å². The van der Waals surface area contributed by atoms with Gasteiger partial charge >= 0.3 is 5.97 Å². The van der Waals surface area contributed by atoms with Crippen LogP contribution < -0.4 is 0 Å². The molecular weight excluding hydrogens is 720 g/mol. The van der Waals surface area contributed by atoms with Crippen LogP contribution in [-0.4, -0.2) is 43.1 Å². The first kappa shape index (κ1) is 37.6. The average Bonchev–Trinajstić information content (AvgIpc) is 3.16. The number of hydrogen-bond donors (Lipinski definition) is 0. The standard InChI is InChI=1S/C44H45BrO7/c1-31-25-37(45)23-24-38(31)40(51-32(2)46)44-43(50-29-36-21-13-6-14-22-36)42(49-28-35-19-11-5-12-20-35)41(48-27-34-17-9-4-10-18-34)39(52-44)30-47-26-33-15-7-3-8-16-33/h3-25,39-44H,26-30H2,1-2H3/t39-,40+,41-,42+,43+,44-/m1/s1. The lowest BCUT2D eigenvalue weighted by molar-refractivity contribution is -0.289. The van der Waals surface area contributed by atoms with Gasteiger partial charge in [-0.25, -0.2) is 0 Å². The fraction of sp³-hybridized carbons (Fsp3) is 0.295. The highest BCUT2D eigenvalue weighted by molar-refractivity contribution is 9.10. The molecule has 0 unspecified atom stereocenters. The van der Waals surface area contributed by atoms with Crippen molar-refractivity contribution in [3.05, 3.63) is 177 Å². The number of rotatable bonds is 16. The largest absolute Gasteiger partial charge is 0.455 e. The normalized spacial score (nSPS) is 20.6. The minimum atomic E-state index is -0.819. The maximum absolute atomic E-state index is 12.9. The molecule has 1 aliphatic rings. The van der Waals surface area contributed by atoms with Crippen LogP contribution in [0.4, 0.5) is 0 Å². The maximum atomic E-state index is 12.9. The lowest BCUT2D eigenvalue weighted by Crippen LogP contribution is -2.62. The molecular formula is C44H45BrO7. The highest BCUT2D eigenvalue weighted by Crippen LogP contribution is 2.39. The Morgan fingerprint density at radius 3 is 1.58 bits per heavy atom. The van der Waals surface area contributed by atoms with E-state index in [0.717, 1.165) is 37.9 Å². The predicted molar refractivity (Wildman–Crippen MR) is 203 cm³/mol. The van der Waals surface area contributed by atoms with Crippen molar-refractivity contribution in [1.29, 1.82) is 0 Å². The van der Waals surface area contributed by atoms with Crippen molar-refractivity contribution in [2.24, 2.45) is 0 Å². The number of carbonyl (C=O) groups is 1. The van der Waals surface area contributed by atoms with Gasteiger partial charge in [-0.15, -0.1) is 0 Å². The summed E-state index contributed by atoms with van der Waals surface area (Å²) in [5, 5.41) is 0. The fourth-order valence-electron chi connectivity index (χ4n) is 6.51. The van der Waals surface area contributed by atoms with E-state index in [9.17, 15) is 4.79 Å². The number of carbonyl (C=O) groups excluding carboxylic acids is 1. The van der Waals surface area contributed by atoms with E-state index in [1.54, 1.807) is 0 Å². The number of esters is 1. The van der Waals surface area contributed by atoms with Crippen LogP contribution in [0.25, 0.3) is 0 Å². The molecule has 6 atom stereocenters. The molecule has 1 aliphatic heterocycles. The van der Waals surface area contributed by atoms with E-state index in [-0.39, 0.29) is 13.2 Å². The zero-order valence-corrected chi connectivity index (χ0v) is 31.1. The summed E-state index contributed by atoms with van der Waals surface area (Å²) in [4.78, 5) is 12.9. The molecule has 0 aromatic heterocycles. The molecule has 0 radical (unpaired) electrons. The lowest BCUT2D eigenvalue weighted by Gasteiger charge is -2.48. The number of aryl methyl sites for hydroxylation is 1. The zero-order chi connectivity index (χ0) is 36.1. The van der Waals surface area contributed by atoms with Gasteiger partial charge in [0.05, 0.1) is 33.0 Å². The molecule has 1 saturated heterocycles. The molecule has 0 aliphatic carbocycles. The summed E-state index contributed by atoms with van der Waals surface area (Å²) in [6.07, 6.45) is -4.19. The third-order valence-corrected chi connectivity index (χ3v) is 9.54. The van der Waals surface area contributed by atoms with Gasteiger partial charge in [0.15, 0.2) is 6.10 Å². The molecule has 0 spiro atoms. The second-order valence-corrected chi connectivity index (χ2v) is 13.9. The molecule has 6 rings (SSSR count). The van der Waals surface area contributed by atoms with Crippen LogP contribution in [0.5, 0.6) is 0 Å². The monoisotopic (exact) mass is 764 g/mol. The molecule has 7 nitrogen and oxygen atoms in total. The third-order valence-electron chi connectivity index (χ3n) is 9.05. The quantitative estimate of drug-likeness (QED) is 0.0929. The Labute approximate surface area is 314 Å². The van der Waals surface area contributed by atoms with Crippen molar-refractivity contribution >= 4 is 21.9 Å². The zero-order valence-electron chi connectivity index (χ0n) is 29.5. The Morgan fingerprint density at radius 2 is 1.10 bits per heavy atom. The Bertz CT molecular complexity index is 1810. The average molecular weight is 766 g/mol. The van der Waals surface area contributed by atoms with Crippen LogP contribution in [0.2, 0.25) is 0 Å². The minimum absolute atomic E-state index is 0.202. The molecule has 8 heteroatoms. The van der Waals surface area contributed by atoms with E-state index in [0.29, 0.717) is 19.8 Å². The van der Waals surface area contributed by atoms with Gasteiger partial charge in [-0.3, -0.25) is 4.79 Å². The molecule has 0 saturated carbocycles. The number of hydrogen-bond acceptors (Lipinski definition) is 7. The van der Waals surface area contributed by atoms with Crippen LogP contribution in [0, 0.1) is 6.92 Å². The smallest absolute Gasteiger partial charge is 0.303 e. The predicted octanol–water partition coefficient (Wildman–Crippen LogP) is 9.10. The van der Waals surface area contributed by atoms with Gasteiger partial charge in [-0.2, -0.15) is 0 Å². The van der Waals surface area contributed by atoms with Gasteiger partial charge in [-0.05, 0) is 52.4 Å². The first-order chi connectivity index (χ1) is 25.4. The van der Waals surface area contributed by atoms with E-state index >= 15 is 0 Å². The molecule has 5 aromatic rings. The minimum Gasteiger partial charge on any atom is -0.455 e. The van der Waals surface area contributed by atoms with Crippen LogP contribution >= 0.6 is 15.9 Å². The molecule has 5 aromatic carbocycles. The van der Waals surface area contributed by atoms with Crippen molar-refractivity contribution in [3.8, 4) is 0 Å². The molecule has 0 bridgehead atoms. The third kappa shape index (κ3) is 10.5. The summed E-state index contributed by atoms with van der Waals surface area (Å²) in [6.45, 7) is 4.91. The fourth-order valence-corrected chi connectivity index (χ4v) is 6.99. The number of benzene rings is 5. The van der Waals surface area contributed by atoms with Gasteiger partial charge in [0, 0.05) is 11.4 Å². The van der Waals surface area contributed by atoms with E-state index in [1.165, 1.54) is 6.92 Å². The number of halogens is 1. The number of ether oxygens (including phenoxy) is 6. The topological polar surface area (TPSA) is 72.5 Å². The van der Waals surface area contributed by atoms with Gasteiger partial charge in [0.1, 0.15) is 30.5 Å². The Kier molecular flexibility index (Phi) is 13.8. The van der Waals surface area contributed by atoms with Crippen molar-refractivity contribution in [2.45, 2.75) is 76.9 Å². The Balaban J connectivity index is 1.41. The molecule has 1 fully saturated rings. The summed E-state index contributed by atoms with van der Waals surface area (Å²) < 4.78 is 41.1. The van der Waals surface area contributed by atoms with Crippen molar-refractivity contribution in [2.75, 3.05) is 6.61 Å². The van der Waals surface area contributed by atoms with Crippen LogP contribution in [0.15, 0.2) is 144 Å². The summed E-state index contributed by atoms with van der Waals surface area (Å²) in [6, 6.07) is 46.0. The summed E-state index contributed by atoms with van der Waals surface area (Å²) in [5.41, 5.74) is 5.80. The Hall–Kier alpha value is -4.15. The van der Waals surface area contributed by atoms with Crippen LogP contribution in [0.3, 0.4) is 0 Å². The first-order valence-corrected chi connectivity index (χ1v) is 18.4. The van der Waals surface area contributed by atoms with E-state index in [2.05, 4.69) is 15.9 Å². The summed E-state index contributed by atoms with van der Waals surface area (Å²) >= 11 is 3.59. The lowest BCUT2D eigenvalue weighted by atomic mass is 9.87. The van der Waals surface area contributed by atoms with E-state index in [1.807, 2.05) is 146 Å². The molecule has 1 heterocycles. The SMILES string of the molecule is CC(=O)O[C@@H](c1ccc(Br)cc1C)[C@H]1O[C@H](COCc2ccccc2)[C@@H](OCc2ccccc2)[C@H](OCc2ccccc2)[C@@H]1OCc1ccccc1. The maximum Gasteiger partial charge on any atom is 0.303 e. The second kappa shape index (κ2) is 19.1. The van der Waals surface area contributed by atoms with Gasteiger partial charge < -0.3 is 28.4 Å². The van der Waals surface area contributed by atoms with Crippen molar-refractivity contribution < 1.29 is 33.2 Å².